The molecule has 2 fully saturated rings. The van der Waals surface area contributed by atoms with E-state index >= 15 is 0 Å². The number of ether oxygens (including phenoxy) is 1. The first-order valence-corrected chi connectivity index (χ1v) is 12.9. The number of carboxylic acid groups (broad SMARTS) is 1. The summed E-state index contributed by atoms with van der Waals surface area (Å²) in [5, 5.41) is 11.2. The molecule has 4 rings (SSSR count). The van der Waals surface area contributed by atoms with Crippen molar-refractivity contribution >= 4 is 35.4 Å². The molecule has 2 saturated heterocycles. The summed E-state index contributed by atoms with van der Waals surface area (Å²) >= 11 is 6.14. The van der Waals surface area contributed by atoms with Crippen molar-refractivity contribution in [2.75, 3.05) is 13.7 Å². The molecule has 0 saturated carbocycles. The number of esters is 1. The van der Waals surface area contributed by atoms with E-state index in [4.69, 9.17) is 26.2 Å². The summed E-state index contributed by atoms with van der Waals surface area (Å²) in [7, 11) is 1.33. The van der Waals surface area contributed by atoms with Crippen LogP contribution in [0.2, 0.25) is 5.02 Å². The molecule has 2 aliphatic heterocycles. The van der Waals surface area contributed by atoms with Crippen molar-refractivity contribution in [1.82, 2.24) is 10.2 Å². The zero-order valence-corrected chi connectivity index (χ0v) is 23.0. The van der Waals surface area contributed by atoms with Gasteiger partial charge in [0.25, 0.3) is 0 Å². The van der Waals surface area contributed by atoms with Gasteiger partial charge < -0.3 is 9.84 Å². The largest absolute Gasteiger partial charge is 0.490 e. The zero-order chi connectivity index (χ0) is 30.0. The topological polar surface area (TPSA) is 113 Å². The molecule has 0 spiro atoms. The summed E-state index contributed by atoms with van der Waals surface area (Å²) in [5.74, 6) is -5.14. The van der Waals surface area contributed by atoms with E-state index in [-0.39, 0.29) is 24.3 Å². The summed E-state index contributed by atoms with van der Waals surface area (Å²) in [6.07, 6.45) is -4.69. The van der Waals surface area contributed by atoms with Gasteiger partial charge in [-0.1, -0.05) is 61.8 Å². The number of halogens is 4. The number of amides is 2. The smallest absolute Gasteiger partial charge is 0.475 e. The van der Waals surface area contributed by atoms with Gasteiger partial charge in [-0.2, -0.15) is 13.2 Å². The van der Waals surface area contributed by atoms with Crippen LogP contribution in [-0.2, 0) is 23.9 Å². The first-order chi connectivity index (χ1) is 18.7. The quantitative estimate of drug-likeness (QED) is 0.369. The highest BCUT2D eigenvalue weighted by Gasteiger charge is 2.68. The van der Waals surface area contributed by atoms with Crippen molar-refractivity contribution in [1.29, 1.82) is 0 Å². The van der Waals surface area contributed by atoms with Crippen LogP contribution in [0.1, 0.15) is 38.8 Å². The summed E-state index contributed by atoms with van der Waals surface area (Å²) < 4.78 is 36.9. The van der Waals surface area contributed by atoms with Gasteiger partial charge in [0.1, 0.15) is 5.54 Å². The SMILES string of the molecule is CCN1C(=O)[C@H]2[C@@H](c3ccc(-c4cccc(Cl)c4)cc3)N[C@@](CC(C)C)(C(=O)OC)[C@H]2C1=O.O=C(O)C(F)(F)F. The number of rotatable bonds is 6. The van der Waals surface area contributed by atoms with Gasteiger partial charge in [0, 0.05) is 17.6 Å². The zero-order valence-electron chi connectivity index (χ0n) is 22.3. The number of carboxylic acids is 1. The lowest BCUT2D eigenvalue weighted by Gasteiger charge is -2.33. The van der Waals surface area contributed by atoms with Crippen LogP contribution in [0.5, 0.6) is 0 Å². The van der Waals surface area contributed by atoms with Crippen LogP contribution in [0.3, 0.4) is 0 Å². The fourth-order valence-corrected chi connectivity index (χ4v) is 5.69. The normalized spacial score (nSPS) is 24.0. The average Bonchev–Trinajstić information content (AvgIpc) is 3.36. The standard InChI is InChI=1S/C26H29ClN2O4.C2HF3O2/c1-5-29-23(30)20-21(24(29)31)26(14-15(2)3,25(32)33-4)28-22(20)17-11-9-16(10-12-17)18-7-6-8-19(27)13-18;3-2(4,5)1(6)7/h6-13,15,20-22,28H,5,14H2,1-4H3;(H,6,7)/t20-,21-,22-,26-;/m1./s1. The number of fused-ring (bicyclic) bond motifs is 1. The van der Waals surface area contributed by atoms with Gasteiger partial charge in [0.15, 0.2) is 0 Å². The second-order valence-electron chi connectivity index (χ2n) is 10.0. The Morgan fingerprint density at radius 3 is 2.17 bits per heavy atom. The van der Waals surface area contributed by atoms with Crippen molar-refractivity contribution in [2.24, 2.45) is 17.8 Å². The molecule has 0 radical (unpaired) electrons. The van der Waals surface area contributed by atoms with Gasteiger partial charge in [-0.3, -0.25) is 24.6 Å². The molecule has 0 aliphatic carbocycles. The molecule has 4 atom stereocenters. The molecule has 2 aromatic carbocycles. The number of aliphatic carboxylic acids is 1. The van der Waals surface area contributed by atoms with Crippen molar-refractivity contribution in [3.05, 3.63) is 59.1 Å². The van der Waals surface area contributed by atoms with Crippen LogP contribution in [0.4, 0.5) is 13.2 Å². The third kappa shape index (κ3) is 6.00. The van der Waals surface area contributed by atoms with E-state index in [2.05, 4.69) is 5.32 Å². The first-order valence-electron chi connectivity index (χ1n) is 12.5. The number of carbonyl (C=O) groups is 4. The first kappa shape index (κ1) is 31.1. The fourth-order valence-electron chi connectivity index (χ4n) is 5.50. The Kier molecular flexibility index (Phi) is 9.31. The maximum absolute atomic E-state index is 13.3. The Hall–Kier alpha value is -3.44. The van der Waals surface area contributed by atoms with E-state index in [0.717, 1.165) is 16.7 Å². The lowest BCUT2D eigenvalue weighted by atomic mass is 9.75. The fraction of sp³-hybridized carbons (Fsp3) is 0.429. The number of methoxy groups -OCH3 is 1. The van der Waals surface area contributed by atoms with Crippen LogP contribution in [0, 0.1) is 17.8 Å². The highest BCUT2D eigenvalue weighted by Crippen LogP contribution is 2.51. The number of likely N-dealkylation sites (tertiary alicyclic amines) is 1. The summed E-state index contributed by atoms with van der Waals surface area (Å²) in [6.45, 7) is 6.05. The molecule has 2 aliphatic rings. The lowest BCUT2D eigenvalue weighted by molar-refractivity contribution is -0.192. The molecule has 2 N–H and O–H groups in total. The molecular weight excluding hydrogens is 553 g/mol. The van der Waals surface area contributed by atoms with Gasteiger partial charge in [-0.15, -0.1) is 0 Å². The van der Waals surface area contributed by atoms with Gasteiger partial charge in [0.2, 0.25) is 11.8 Å². The molecule has 0 bridgehead atoms. The van der Waals surface area contributed by atoms with Crippen LogP contribution >= 0.6 is 11.6 Å². The molecule has 216 valence electrons. The van der Waals surface area contributed by atoms with Crippen molar-refractivity contribution < 1.29 is 42.2 Å². The van der Waals surface area contributed by atoms with Crippen molar-refractivity contribution in [3.63, 3.8) is 0 Å². The predicted octanol–water partition coefficient (Wildman–Crippen LogP) is 4.86. The Labute approximate surface area is 234 Å². The average molecular weight is 583 g/mol. The number of alkyl halides is 3. The number of nitrogens with one attached hydrogen (secondary N) is 1. The summed E-state index contributed by atoms with van der Waals surface area (Å²) in [6, 6.07) is 14.9. The van der Waals surface area contributed by atoms with Gasteiger partial charge in [-0.05, 0) is 48.1 Å². The molecule has 12 heteroatoms. The summed E-state index contributed by atoms with van der Waals surface area (Å²) in [5.41, 5.74) is 1.57. The van der Waals surface area contributed by atoms with Gasteiger partial charge in [-0.25, -0.2) is 4.79 Å². The highest BCUT2D eigenvalue weighted by atomic mass is 35.5. The maximum atomic E-state index is 13.3. The molecular formula is C28H30ClF3N2O6. The Morgan fingerprint density at radius 2 is 1.70 bits per heavy atom. The lowest BCUT2D eigenvalue weighted by Crippen LogP contribution is -2.57. The van der Waals surface area contributed by atoms with E-state index in [1.807, 2.05) is 62.4 Å². The third-order valence-electron chi connectivity index (χ3n) is 7.01. The van der Waals surface area contributed by atoms with Crippen LogP contribution < -0.4 is 5.32 Å². The predicted molar refractivity (Wildman–Crippen MR) is 140 cm³/mol. The minimum atomic E-state index is -5.08. The molecule has 2 amide bonds. The van der Waals surface area contributed by atoms with Crippen LogP contribution in [0.15, 0.2) is 48.5 Å². The third-order valence-corrected chi connectivity index (χ3v) is 7.25. The molecule has 8 nitrogen and oxygen atoms in total. The molecule has 2 heterocycles. The highest BCUT2D eigenvalue weighted by molar-refractivity contribution is 6.30. The van der Waals surface area contributed by atoms with E-state index in [1.165, 1.54) is 12.0 Å². The van der Waals surface area contributed by atoms with E-state index in [9.17, 15) is 27.6 Å². The van der Waals surface area contributed by atoms with Crippen LogP contribution in [0.25, 0.3) is 11.1 Å². The van der Waals surface area contributed by atoms with Crippen molar-refractivity contribution in [3.8, 4) is 11.1 Å². The summed E-state index contributed by atoms with van der Waals surface area (Å²) in [4.78, 5) is 50.0. The Morgan fingerprint density at radius 1 is 1.10 bits per heavy atom. The van der Waals surface area contributed by atoms with E-state index < -0.39 is 41.5 Å². The van der Waals surface area contributed by atoms with Gasteiger partial charge in [0.05, 0.1) is 18.9 Å². The Bertz CT molecular complexity index is 1280. The number of carbonyl (C=O) groups excluding carboxylic acids is 3. The second-order valence-corrected chi connectivity index (χ2v) is 10.5. The van der Waals surface area contributed by atoms with Crippen LogP contribution in [-0.4, -0.2) is 59.1 Å². The van der Waals surface area contributed by atoms with E-state index in [0.29, 0.717) is 11.4 Å². The maximum Gasteiger partial charge on any atom is 0.490 e. The minimum absolute atomic E-state index is 0.111. The molecule has 2 aromatic rings. The number of hydrogen-bond donors (Lipinski definition) is 2. The second kappa shape index (κ2) is 12.0. The van der Waals surface area contributed by atoms with Gasteiger partial charge >= 0.3 is 18.1 Å². The Balaban J connectivity index is 0.000000559. The number of imide groups is 1. The molecule has 40 heavy (non-hydrogen) atoms. The number of benzene rings is 2. The number of nitrogens with zero attached hydrogens (tertiary/aromatic N) is 1. The molecule has 0 unspecified atom stereocenters. The monoisotopic (exact) mass is 582 g/mol. The molecule has 0 aromatic heterocycles. The van der Waals surface area contributed by atoms with Crippen molar-refractivity contribution in [2.45, 2.75) is 44.9 Å². The van der Waals surface area contributed by atoms with E-state index in [1.54, 1.807) is 6.92 Å². The number of hydrogen-bond acceptors (Lipinski definition) is 6. The minimum Gasteiger partial charge on any atom is -0.475 e.